The Morgan fingerprint density at radius 2 is 2.18 bits per heavy atom. The van der Waals surface area contributed by atoms with Crippen molar-refractivity contribution < 1.29 is 9.59 Å². The smallest absolute Gasteiger partial charge is 0.312 e. The molecule has 1 aliphatic rings. The molecule has 0 radical (unpaired) electrons. The average molecular weight is 304 g/mol. The Bertz CT molecular complexity index is 547. The SMILES string of the molecule is Cc1ccccc1C(CC(=O)N1CCNC(C)C1)NC(N)=O. The predicted octanol–water partition coefficient (Wildman–Crippen LogP) is 0.915. The second-order valence-electron chi connectivity index (χ2n) is 5.82. The Hall–Kier alpha value is -2.08. The standard InChI is InChI=1S/C16H24N4O2/c1-11-5-3-4-6-13(11)14(19-16(17)22)9-15(21)20-8-7-18-12(2)10-20/h3-6,12,14,18H,7-10H2,1-2H3,(H3,17,19,22). The van der Waals surface area contributed by atoms with Crippen LogP contribution in [0, 0.1) is 6.92 Å². The number of carbonyl (C=O) groups excluding carboxylic acids is 2. The van der Waals surface area contributed by atoms with Crippen molar-refractivity contribution >= 4 is 11.9 Å². The van der Waals surface area contributed by atoms with Crippen molar-refractivity contribution in [2.75, 3.05) is 19.6 Å². The maximum Gasteiger partial charge on any atom is 0.312 e. The summed E-state index contributed by atoms with van der Waals surface area (Å²) in [5.74, 6) is 0.0374. The maximum absolute atomic E-state index is 12.5. The van der Waals surface area contributed by atoms with E-state index >= 15 is 0 Å². The molecule has 1 fully saturated rings. The molecule has 1 aliphatic heterocycles. The van der Waals surface area contributed by atoms with Gasteiger partial charge in [0.1, 0.15) is 0 Å². The van der Waals surface area contributed by atoms with Gasteiger partial charge in [0.2, 0.25) is 5.91 Å². The fourth-order valence-corrected chi connectivity index (χ4v) is 2.85. The molecular weight excluding hydrogens is 280 g/mol. The largest absolute Gasteiger partial charge is 0.352 e. The van der Waals surface area contributed by atoms with Crippen molar-refractivity contribution in [1.82, 2.24) is 15.5 Å². The lowest BCUT2D eigenvalue weighted by Crippen LogP contribution is -2.52. The second-order valence-corrected chi connectivity index (χ2v) is 5.82. The predicted molar refractivity (Wildman–Crippen MR) is 85.3 cm³/mol. The number of carbonyl (C=O) groups is 2. The van der Waals surface area contributed by atoms with Crippen molar-refractivity contribution in [3.63, 3.8) is 0 Å². The van der Waals surface area contributed by atoms with Crippen molar-refractivity contribution in [3.8, 4) is 0 Å². The van der Waals surface area contributed by atoms with Gasteiger partial charge >= 0.3 is 6.03 Å². The summed E-state index contributed by atoms with van der Waals surface area (Å²) in [6.07, 6.45) is 0.223. The minimum Gasteiger partial charge on any atom is -0.352 e. The molecular formula is C16H24N4O2. The summed E-state index contributed by atoms with van der Waals surface area (Å²) in [5, 5.41) is 6.00. The first kappa shape index (κ1) is 16.3. The summed E-state index contributed by atoms with van der Waals surface area (Å²) in [7, 11) is 0. The van der Waals surface area contributed by atoms with Crippen LogP contribution in [0.2, 0.25) is 0 Å². The van der Waals surface area contributed by atoms with Crippen LogP contribution >= 0.6 is 0 Å². The molecule has 0 bridgehead atoms. The van der Waals surface area contributed by atoms with Gasteiger partial charge in [0.05, 0.1) is 12.5 Å². The van der Waals surface area contributed by atoms with E-state index in [4.69, 9.17) is 5.73 Å². The summed E-state index contributed by atoms with van der Waals surface area (Å²) < 4.78 is 0. The summed E-state index contributed by atoms with van der Waals surface area (Å²) in [4.78, 5) is 25.6. The van der Waals surface area contributed by atoms with E-state index in [-0.39, 0.29) is 12.3 Å². The van der Waals surface area contributed by atoms with Crippen LogP contribution < -0.4 is 16.4 Å². The molecule has 4 N–H and O–H groups in total. The molecule has 2 rings (SSSR count). The minimum absolute atomic E-state index is 0.0374. The van der Waals surface area contributed by atoms with E-state index in [0.717, 1.165) is 17.7 Å². The van der Waals surface area contributed by atoms with E-state index in [1.165, 1.54) is 0 Å². The minimum atomic E-state index is -0.616. The van der Waals surface area contributed by atoms with Crippen LogP contribution in [-0.2, 0) is 4.79 Å². The summed E-state index contributed by atoms with van der Waals surface area (Å²) in [6.45, 7) is 6.20. The first-order chi connectivity index (χ1) is 10.5. The number of benzene rings is 1. The highest BCUT2D eigenvalue weighted by atomic mass is 16.2. The van der Waals surface area contributed by atoms with Crippen molar-refractivity contribution in [2.24, 2.45) is 5.73 Å². The first-order valence-electron chi connectivity index (χ1n) is 7.60. The fourth-order valence-electron chi connectivity index (χ4n) is 2.85. The van der Waals surface area contributed by atoms with Gasteiger partial charge in [-0.3, -0.25) is 4.79 Å². The number of piperazine rings is 1. The van der Waals surface area contributed by atoms with Crippen LogP contribution in [0.25, 0.3) is 0 Å². The monoisotopic (exact) mass is 304 g/mol. The van der Waals surface area contributed by atoms with Gasteiger partial charge in [0, 0.05) is 25.7 Å². The highest BCUT2D eigenvalue weighted by Crippen LogP contribution is 2.21. The Balaban J connectivity index is 2.11. The molecule has 120 valence electrons. The number of hydrogen-bond donors (Lipinski definition) is 3. The number of aryl methyl sites for hydroxylation is 1. The normalized spacial score (nSPS) is 19.5. The van der Waals surface area contributed by atoms with E-state index < -0.39 is 12.1 Å². The van der Waals surface area contributed by atoms with Gasteiger partial charge in [-0.1, -0.05) is 24.3 Å². The molecule has 1 heterocycles. The Kier molecular flexibility index (Phi) is 5.38. The summed E-state index contributed by atoms with van der Waals surface area (Å²) in [6, 6.07) is 6.99. The van der Waals surface area contributed by atoms with E-state index in [2.05, 4.69) is 17.6 Å². The van der Waals surface area contributed by atoms with E-state index in [9.17, 15) is 9.59 Å². The molecule has 22 heavy (non-hydrogen) atoms. The third-order valence-corrected chi connectivity index (χ3v) is 3.98. The van der Waals surface area contributed by atoms with Crippen molar-refractivity contribution in [3.05, 3.63) is 35.4 Å². The maximum atomic E-state index is 12.5. The van der Waals surface area contributed by atoms with Gasteiger partial charge in [-0.05, 0) is 25.0 Å². The Morgan fingerprint density at radius 1 is 1.45 bits per heavy atom. The zero-order valence-corrected chi connectivity index (χ0v) is 13.1. The Labute approximate surface area is 131 Å². The number of hydrogen-bond acceptors (Lipinski definition) is 3. The van der Waals surface area contributed by atoms with Gasteiger partial charge in [0.25, 0.3) is 0 Å². The van der Waals surface area contributed by atoms with Crippen molar-refractivity contribution in [1.29, 1.82) is 0 Å². The van der Waals surface area contributed by atoms with Gasteiger partial charge in [0.15, 0.2) is 0 Å². The number of primary amides is 1. The van der Waals surface area contributed by atoms with Crippen molar-refractivity contribution in [2.45, 2.75) is 32.4 Å². The summed E-state index contributed by atoms with van der Waals surface area (Å²) in [5.41, 5.74) is 7.23. The molecule has 1 aromatic rings. The molecule has 6 heteroatoms. The third kappa shape index (κ3) is 4.21. The lowest BCUT2D eigenvalue weighted by Gasteiger charge is -2.33. The van der Waals surface area contributed by atoms with E-state index in [1.807, 2.05) is 36.1 Å². The molecule has 3 amide bonds. The van der Waals surface area contributed by atoms with Crippen LogP contribution in [0.1, 0.15) is 30.5 Å². The van der Waals surface area contributed by atoms with Gasteiger partial charge in [-0.2, -0.15) is 0 Å². The molecule has 0 aromatic heterocycles. The van der Waals surface area contributed by atoms with Crippen LogP contribution in [0.4, 0.5) is 4.79 Å². The number of nitrogens with zero attached hydrogens (tertiary/aromatic N) is 1. The summed E-state index contributed by atoms with van der Waals surface area (Å²) >= 11 is 0. The lowest BCUT2D eigenvalue weighted by molar-refractivity contribution is -0.132. The van der Waals surface area contributed by atoms with Crippen LogP contribution in [0.3, 0.4) is 0 Å². The van der Waals surface area contributed by atoms with Crippen LogP contribution in [0.15, 0.2) is 24.3 Å². The first-order valence-corrected chi connectivity index (χ1v) is 7.60. The molecule has 1 saturated heterocycles. The number of nitrogens with one attached hydrogen (secondary N) is 2. The van der Waals surface area contributed by atoms with Gasteiger partial charge in [-0.15, -0.1) is 0 Å². The van der Waals surface area contributed by atoms with Crippen LogP contribution in [0.5, 0.6) is 0 Å². The van der Waals surface area contributed by atoms with E-state index in [1.54, 1.807) is 0 Å². The molecule has 2 unspecified atom stereocenters. The number of nitrogens with two attached hydrogens (primary N) is 1. The zero-order chi connectivity index (χ0) is 16.1. The molecule has 0 spiro atoms. The third-order valence-electron chi connectivity index (χ3n) is 3.98. The second kappa shape index (κ2) is 7.26. The number of rotatable bonds is 4. The molecule has 0 aliphatic carbocycles. The zero-order valence-electron chi connectivity index (χ0n) is 13.1. The Morgan fingerprint density at radius 3 is 2.82 bits per heavy atom. The number of urea groups is 1. The molecule has 6 nitrogen and oxygen atoms in total. The highest BCUT2D eigenvalue weighted by molar-refractivity contribution is 5.79. The average Bonchev–Trinajstić information content (AvgIpc) is 2.46. The number of amides is 3. The quantitative estimate of drug-likeness (QED) is 0.773. The molecule has 1 aromatic carbocycles. The fraction of sp³-hybridized carbons (Fsp3) is 0.500. The highest BCUT2D eigenvalue weighted by Gasteiger charge is 2.25. The lowest BCUT2D eigenvalue weighted by atomic mass is 9.98. The topological polar surface area (TPSA) is 87.5 Å². The van der Waals surface area contributed by atoms with Gasteiger partial charge in [-0.25, -0.2) is 4.79 Å². The van der Waals surface area contributed by atoms with E-state index in [0.29, 0.717) is 19.1 Å². The van der Waals surface area contributed by atoms with Gasteiger partial charge < -0.3 is 21.3 Å². The van der Waals surface area contributed by atoms with Crippen LogP contribution in [-0.4, -0.2) is 42.5 Å². The molecule has 0 saturated carbocycles. The molecule has 2 atom stereocenters.